The molecule has 0 aliphatic heterocycles. The Bertz CT molecular complexity index is 822. The van der Waals surface area contributed by atoms with E-state index < -0.39 is 0 Å². The van der Waals surface area contributed by atoms with Crippen molar-refractivity contribution in [3.05, 3.63) is 47.0 Å². The van der Waals surface area contributed by atoms with Crippen LogP contribution in [0.4, 0.5) is 0 Å². The summed E-state index contributed by atoms with van der Waals surface area (Å²) in [6.07, 6.45) is 0. The molecule has 5 nitrogen and oxygen atoms in total. The summed E-state index contributed by atoms with van der Waals surface area (Å²) in [5, 5.41) is 8.71. The maximum Gasteiger partial charge on any atom is 0.263 e. The molecule has 1 N–H and O–H groups in total. The number of likely N-dealkylation sites (N-methyl/N-ethyl adjacent to an activating group) is 2. The molecule has 0 unspecified atom stereocenters. The van der Waals surface area contributed by atoms with Crippen LogP contribution in [0.3, 0.4) is 0 Å². The van der Waals surface area contributed by atoms with E-state index in [1.165, 1.54) is 11.3 Å². The van der Waals surface area contributed by atoms with Gasteiger partial charge in [0.15, 0.2) is 0 Å². The second-order valence-corrected chi connectivity index (χ2v) is 6.52. The SMILES string of the molecule is CNCCN(C)C(=O)c1cc2c(C)nn(-c3ccccc3)c2s1. The molecule has 0 aliphatic rings. The van der Waals surface area contributed by atoms with Gasteiger partial charge in [-0.15, -0.1) is 11.3 Å². The Hall–Kier alpha value is -2.18. The molecule has 0 radical (unpaired) electrons. The fourth-order valence-corrected chi connectivity index (χ4v) is 3.64. The number of benzene rings is 1. The van der Waals surface area contributed by atoms with Crippen LogP contribution >= 0.6 is 11.3 Å². The molecule has 0 atom stereocenters. The lowest BCUT2D eigenvalue weighted by Gasteiger charge is -2.15. The van der Waals surface area contributed by atoms with Crippen molar-refractivity contribution in [3.63, 3.8) is 0 Å². The molecule has 1 aromatic carbocycles. The number of hydrogen-bond donors (Lipinski definition) is 1. The Labute approximate surface area is 139 Å². The lowest BCUT2D eigenvalue weighted by molar-refractivity contribution is 0.0801. The largest absolute Gasteiger partial charge is 0.340 e. The van der Waals surface area contributed by atoms with Gasteiger partial charge >= 0.3 is 0 Å². The predicted molar refractivity (Wildman–Crippen MR) is 94.6 cm³/mol. The average molecular weight is 328 g/mol. The number of nitrogens with one attached hydrogen (secondary N) is 1. The highest BCUT2D eigenvalue weighted by Crippen LogP contribution is 2.30. The molecule has 1 amide bonds. The molecule has 2 aromatic heterocycles. The number of fused-ring (bicyclic) bond motifs is 1. The van der Waals surface area contributed by atoms with Gasteiger partial charge in [-0.3, -0.25) is 4.79 Å². The topological polar surface area (TPSA) is 50.2 Å². The van der Waals surface area contributed by atoms with Crippen molar-refractivity contribution in [2.45, 2.75) is 6.92 Å². The zero-order chi connectivity index (χ0) is 16.4. The third-order valence-electron chi connectivity index (χ3n) is 3.80. The number of nitrogens with zero attached hydrogens (tertiary/aromatic N) is 3. The van der Waals surface area contributed by atoms with Crippen LogP contribution in [-0.2, 0) is 0 Å². The predicted octanol–water partition coefficient (Wildman–Crippen LogP) is 2.69. The van der Waals surface area contributed by atoms with Crippen LogP contribution in [0.1, 0.15) is 15.4 Å². The van der Waals surface area contributed by atoms with E-state index in [9.17, 15) is 4.79 Å². The molecule has 0 spiro atoms. The van der Waals surface area contributed by atoms with E-state index in [4.69, 9.17) is 0 Å². The summed E-state index contributed by atoms with van der Waals surface area (Å²) >= 11 is 1.50. The molecule has 0 aliphatic carbocycles. The number of aromatic nitrogens is 2. The van der Waals surface area contributed by atoms with Gasteiger partial charge in [-0.2, -0.15) is 5.10 Å². The first kappa shape index (κ1) is 15.7. The van der Waals surface area contributed by atoms with Gasteiger partial charge in [-0.05, 0) is 32.2 Å². The molecule has 0 fully saturated rings. The van der Waals surface area contributed by atoms with Gasteiger partial charge in [0.2, 0.25) is 0 Å². The molecule has 120 valence electrons. The van der Waals surface area contributed by atoms with E-state index in [0.29, 0.717) is 6.54 Å². The van der Waals surface area contributed by atoms with Crippen molar-refractivity contribution >= 4 is 27.5 Å². The van der Waals surface area contributed by atoms with Crippen LogP contribution in [0.25, 0.3) is 15.9 Å². The van der Waals surface area contributed by atoms with Crippen LogP contribution < -0.4 is 5.32 Å². The molecule has 0 saturated heterocycles. The minimum Gasteiger partial charge on any atom is -0.340 e. The van der Waals surface area contributed by atoms with Crippen LogP contribution in [0.5, 0.6) is 0 Å². The van der Waals surface area contributed by atoms with Crippen molar-refractivity contribution < 1.29 is 4.79 Å². The highest BCUT2D eigenvalue weighted by molar-refractivity contribution is 7.20. The fourth-order valence-electron chi connectivity index (χ4n) is 2.47. The first-order valence-corrected chi connectivity index (χ1v) is 8.38. The van der Waals surface area contributed by atoms with Gasteiger partial charge < -0.3 is 10.2 Å². The second kappa shape index (κ2) is 6.52. The minimum absolute atomic E-state index is 0.0560. The Morgan fingerprint density at radius 1 is 1.35 bits per heavy atom. The fraction of sp³-hybridized carbons (Fsp3) is 0.294. The van der Waals surface area contributed by atoms with Gasteiger partial charge in [0.1, 0.15) is 4.83 Å². The summed E-state index contributed by atoms with van der Waals surface area (Å²) in [6, 6.07) is 12.0. The van der Waals surface area contributed by atoms with E-state index in [1.807, 2.05) is 62.1 Å². The van der Waals surface area contributed by atoms with Gasteiger partial charge in [-0.25, -0.2) is 4.68 Å². The summed E-state index contributed by atoms with van der Waals surface area (Å²) in [4.78, 5) is 16.1. The Balaban J connectivity index is 1.98. The van der Waals surface area contributed by atoms with E-state index >= 15 is 0 Å². The van der Waals surface area contributed by atoms with E-state index in [2.05, 4.69) is 10.4 Å². The molecular weight excluding hydrogens is 308 g/mol. The summed E-state index contributed by atoms with van der Waals surface area (Å²) in [5.74, 6) is 0.0560. The lowest BCUT2D eigenvalue weighted by Crippen LogP contribution is -2.32. The third-order valence-corrected chi connectivity index (χ3v) is 4.90. The Kier molecular flexibility index (Phi) is 4.45. The van der Waals surface area contributed by atoms with Gasteiger partial charge in [-0.1, -0.05) is 18.2 Å². The molecule has 3 rings (SSSR count). The smallest absolute Gasteiger partial charge is 0.263 e. The normalized spacial score (nSPS) is 11.1. The zero-order valence-corrected chi connectivity index (χ0v) is 14.4. The molecule has 2 heterocycles. The minimum atomic E-state index is 0.0560. The lowest BCUT2D eigenvalue weighted by atomic mass is 10.3. The van der Waals surface area contributed by atoms with Crippen molar-refractivity contribution in [2.75, 3.05) is 27.2 Å². The number of rotatable bonds is 5. The number of carbonyl (C=O) groups excluding carboxylic acids is 1. The third kappa shape index (κ3) is 3.00. The Morgan fingerprint density at radius 3 is 2.78 bits per heavy atom. The van der Waals surface area contributed by atoms with Gasteiger partial charge in [0.25, 0.3) is 5.91 Å². The summed E-state index contributed by atoms with van der Waals surface area (Å²) in [7, 11) is 3.72. The maximum absolute atomic E-state index is 12.6. The maximum atomic E-state index is 12.6. The van der Waals surface area contributed by atoms with Crippen molar-refractivity contribution in [1.29, 1.82) is 0 Å². The number of amides is 1. The zero-order valence-electron chi connectivity index (χ0n) is 13.5. The van der Waals surface area contributed by atoms with Crippen LogP contribution in [0, 0.1) is 6.92 Å². The number of thiophene rings is 1. The highest BCUT2D eigenvalue weighted by Gasteiger charge is 2.19. The van der Waals surface area contributed by atoms with E-state index in [0.717, 1.165) is 33.0 Å². The van der Waals surface area contributed by atoms with Crippen LogP contribution in [0.15, 0.2) is 36.4 Å². The molecular formula is C17H20N4OS. The molecule has 3 aromatic rings. The van der Waals surface area contributed by atoms with Crippen molar-refractivity contribution in [1.82, 2.24) is 20.0 Å². The van der Waals surface area contributed by atoms with Gasteiger partial charge in [0.05, 0.1) is 16.3 Å². The number of hydrogen-bond acceptors (Lipinski definition) is 4. The molecule has 6 heteroatoms. The van der Waals surface area contributed by atoms with E-state index in [1.54, 1.807) is 4.90 Å². The van der Waals surface area contributed by atoms with Crippen molar-refractivity contribution in [3.8, 4) is 5.69 Å². The number of aryl methyl sites for hydroxylation is 1. The summed E-state index contributed by atoms with van der Waals surface area (Å²) < 4.78 is 1.92. The quantitative estimate of drug-likeness (QED) is 0.783. The van der Waals surface area contributed by atoms with Gasteiger partial charge in [0, 0.05) is 25.5 Å². The van der Waals surface area contributed by atoms with E-state index in [-0.39, 0.29) is 5.91 Å². The highest BCUT2D eigenvalue weighted by atomic mass is 32.1. The molecule has 23 heavy (non-hydrogen) atoms. The Morgan fingerprint density at radius 2 is 2.09 bits per heavy atom. The second-order valence-electron chi connectivity index (χ2n) is 5.49. The average Bonchev–Trinajstić information content (AvgIpc) is 3.13. The summed E-state index contributed by atoms with van der Waals surface area (Å²) in [5.41, 5.74) is 1.95. The number of carbonyl (C=O) groups is 1. The first-order valence-electron chi connectivity index (χ1n) is 7.56. The van der Waals surface area contributed by atoms with Crippen molar-refractivity contribution in [2.24, 2.45) is 0 Å². The summed E-state index contributed by atoms with van der Waals surface area (Å²) in [6.45, 7) is 3.45. The van der Waals surface area contributed by atoms with Crippen LogP contribution in [-0.4, -0.2) is 47.8 Å². The monoisotopic (exact) mass is 328 g/mol. The van der Waals surface area contributed by atoms with Crippen LogP contribution in [0.2, 0.25) is 0 Å². The standard InChI is InChI=1S/C17H20N4OS/c1-12-14-11-15(16(22)20(3)10-9-18-2)23-17(14)21(19-12)13-7-5-4-6-8-13/h4-8,11,18H,9-10H2,1-3H3. The molecule has 0 saturated carbocycles. The number of para-hydroxylation sites is 1. The first-order chi connectivity index (χ1) is 11.1. The molecule has 0 bridgehead atoms.